The predicted octanol–water partition coefficient (Wildman–Crippen LogP) is 2.46. The molecule has 0 aliphatic heterocycles. The van der Waals surface area contributed by atoms with Gasteiger partial charge < -0.3 is 14.8 Å². The number of ether oxygens (including phenoxy) is 1. The molecule has 1 aromatic carbocycles. The normalized spacial score (nSPS) is 10.3. The van der Waals surface area contributed by atoms with Crippen molar-refractivity contribution in [2.45, 2.75) is 33.2 Å². The van der Waals surface area contributed by atoms with Crippen molar-refractivity contribution in [3.05, 3.63) is 29.3 Å². The van der Waals surface area contributed by atoms with Gasteiger partial charge in [-0.05, 0) is 44.0 Å². The van der Waals surface area contributed by atoms with Crippen LogP contribution >= 0.6 is 0 Å². The summed E-state index contributed by atoms with van der Waals surface area (Å²) in [6.45, 7) is 5.39. The van der Waals surface area contributed by atoms with Gasteiger partial charge in [0.25, 0.3) is 0 Å². The first-order chi connectivity index (χ1) is 8.13. The average molecular weight is 235 g/mol. The van der Waals surface area contributed by atoms with Crippen LogP contribution in [0.3, 0.4) is 0 Å². The molecule has 94 valence electrons. The first-order valence-electron chi connectivity index (χ1n) is 5.97. The van der Waals surface area contributed by atoms with E-state index in [2.05, 4.69) is 17.4 Å². The maximum Gasteiger partial charge on any atom is 0.129 e. The molecule has 0 heterocycles. The second kappa shape index (κ2) is 7.07. The fraction of sp³-hybridized carbons (Fsp3) is 0.500. The third-order valence-corrected chi connectivity index (χ3v) is 2.67. The van der Waals surface area contributed by atoms with E-state index in [0.29, 0.717) is 6.42 Å². The van der Waals surface area contributed by atoms with Crippen LogP contribution in [0.5, 0.6) is 5.75 Å². The number of nitrogens with one attached hydrogen (secondary N) is 1. The monoisotopic (exact) mass is 235 g/mol. The summed E-state index contributed by atoms with van der Waals surface area (Å²) in [5.74, 6) is 1.18. The molecule has 0 saturated heterocycles. The van der Waals surface area contributed by atoms with E-state index < -0.39 is 0 Å². The molecule has 1 aromatic rings. The fourth-order valence-electron chi connectivity index (χ4n) is 1.75. The Balaban J connectivity index is 2.32. The number of benzene rings is 1. The summed E-state index contributed by atoms with van der Waals surface area (Å²) >= 11 is 0. The maximum atomic E-state index is 10.8. The second-order valence-corrected chi connectivity index (χ2v) is 4.29. The summed E-state index contributed by atoms with van der Waals surface area (Å²) in [7, 11) is 1.68. The van der Waals surface area contributed by atoms with Crippen molar-refractivity contribution in [3.8, 4) is 5.75 Å². The SMILES string of the molecule is COc1ccc(CNCCCC(C)=O)cc1C. The van der Waals surface area contributed by atoms with Crippen LogP contribution in [0.15, 0.2) is 18.2 Å². The maximum absolute atomic E-state index is 10.8. The van der Waals surface area contributed by atoms with Crippen LogP contribution in [0.1, 0.15) is 30.9 Å². The number of hydrogen-bond donors (Lipinski definition) is 1. The highest BCUT2D eigenvalue weighted by atomic mass is 16.5. The molecule has 0 atom stereocenters. The zero-order chi connectivity index (χ0) is 12.7. The van der Waals surface area contributed by atoms with Crippen LogP contribution in [-0.2, 0) is 11.3 Å². The van der Waals surface area contributed by atoms with Gasteiger partial charge in [0.05, 0.1) is 7.11 Å². The molecule has 1 N–H and O–H groups in total. The topological polar surface area (TPSA) is 38.3 Å². The molecule has 17 heavy (non-hydrogen) atoms. The molecule has 0 aliphatic rings. The summed E-state index contributed by atoms with van der Waals surface area (Å²) in [6.07, 6.45) is 1.57. The van der Waals surface area contributed by atoms with Gasteiger partial charge in [0.2, 0.25) is 0 Å². The highest BCUT2D eigenvalue weighted by molar-refractivity contribution is 5.75. The van der Waals surface area contributed by atoms with E-state index in [1.165, 1.54) is 5.56 Å². The summed E-state index contributed by atoms with van der Waals surface area (Å²) in [5.41, 5.74) is 2.39. The standard InChI is InChI=1S/C14H21NO2/c1-11-9-13(6-7-14(11)17-3)10-15-8-4-5-12(2)16/h6-7,9,15H,4-5,8,10H2,1-3H3. The van der Waals surface area contributed by atoms with Gasteiger partial charge in [-0.3, -0.25) is 0 Å². The van der Waals surface area contributed by atoms with E-state index in [1.807, 2.05) is 13.0 Å². The summed E-state index contributed by atoms with van der Waals surface area (Å²) in [6, 6.07) is 6.17. The molecule has 1 rings (SSSR count). The van der Waals surface area contributed by atoms with E-state index >= 15 is 0 Å². The molecule has 0 aliphatic carbocycles. The van der Waals surface area contributed by atoms with E-state index in [-0.39, 0.29) is 5.78 Å². The molecule has 3 nitrogen and oxygen atoms in total. The Kier molecular flexibility index (Phi) is 5.70. The van der Waals surface area contributed by atoms with Gasteiger partial charge in [0.1, 0.15) is 11.5 Å². The predicted molar refractivity (Wildman–Crippen MR) is 69.4 cm³/mol. The Morgan fingerprint density at radius 1 is 1.41 bits per heavy atom. The van der Waals surface area contributed by atoms with Crippen molar-refractivity contribution >= 4 is 5.78 Å². The number of hydrogen-bond acceptors (Lipinski definition) is 3. The third kappa shape index (κ3) is 5.00. The van der Waals surface area contributed by atoms with Crippen molar-refractivity contribution < 1.29 is 9.53 Å². The van der Waals surface area contributed by atoms with Gasteiger partial charge in [0.15, 0.2) is 0 Å². The first kappa shape index (κ1) is 13.7. The lowest BCUT2D eigenvalue weighted by atomic mass is 10.1. The molecule has 0 radical (unpaired) electrons. The number of rotatable bonds is 7. The number of Topliss-reactive ketones (excluding diaryl/α,β-unsaturated/α-hetero) is 1. The minimum Gasteiger partial charge on any atom is -0.496 e. The summed E-state index contributed by atoms with van der Waals surface area (Å²) in [4.78, 5) is 10.8. The third-order valence-electron chi connectivity index (χ3n) is 2.67. The van der Waals surface area contributed by atoms with Crippen LogP contribution in [-0.4, -0.2) is 19.4 Å². The van der Waals surface area contributed by atoms with Gasteiger partial charge in [-0.2, -0.15) is 0 Å². The minimum absolute atomic E-state index is 0.257. The number of methoxy groups -OCH3 is 1. The van der Waals surface area contributed by atoms with Crippen LogP contribution in [0.2, 0.25) is 0 Å². The molecule has 3 heteroatoms. The van der Waals surface area contributed by atoms with Gasteiger partial charge in [-0.15, -0.1) is 0 Å². The Hall–Kier alpha value is -1.35. The minimum atomic E-state index is 0.257. The Morgan fingerprint density at radius 3 is 2.76 bits per heavy atom. The molecule has 0 amide bonds. The van der Waals surface area contributed by atoms with Crippen molar-refractivity contribution in [2.75, 3.05) is 13.7 Å². The molecule has 0 fully saturated rings. The van der Waals surface area contributed by atoms with Gasteiger partial charge >= 0.3 is 0 Å². The Labute approximate surface area is 103 Å². The van der Waals surface area contributed by atoms with E-state index in [9.17, 15) is 4.79 Å². The smallest absolute Gasteiger partial charge is 0.129 e. The molecule has 0 spiro atoms. The molecule has 0 bridgehead atoms. The lowest BCUT2D eigenvalue weighted by Gasteiger charge is -2.08. The van der Waals surface area contributed by atoms with Gasteiger partial charge in [-0.1, -0.05) is 12.1 Å². The highest BCUT2D eigenvalue weighted by Gasteiger charge is 1.99. The molecule has 0 unspecified atom stereocenters. The van der Waals surface area contributed by atoms with Crippen LogP contribution in [0.4, 0.5) is 0 Å². The van der Waals surface area contributed by atoms with Crippen molar-refractivity contribution in [1.29, 1.82) is 0 Å². The number of carbonyl (C=O) groups is 1. The van der Waals surface area contributed by atoms with Crippen molar-refractivity contribution in [3.63, 3.8) is 0 Å². The summed E-state index contributed by atoms with van der Waals surface area (Å²) < 4.78 is 5.21. The van der Waals surface area contributed by atoms with Gasteiger partial charge in [0, 0.05) is 13.0 Å². The lowest BCUT2D eigenvalue weighted by Crippen LogP contribution is -2.15. The average Bonchev–Trinajstić information content (AvgIpc) is 2.28. The van der Waals surface area contributed by atoms with Gasteiger partial charge in [-0.25, -0.2) is 0 Å². The van der Waals surface area contributed by atoms with Crippen LogP contribution < -0.4 is 10.1 Å². The lowest BCUT2D eigenvalue weighted by molar-refractivity contribution is -0.117. The first-order valence-corrected chi connectivity index (χ1v) is 5.97. The van der Waals surface area contributed by atoms with Crippen molar-refractivity contribution in [1.82, 2.24) is 5.32 Å². The zero-order valence-corrected chi connectivity index (χ0v) is 10.9. The molecule has 0 saturated carbocycles. The van der Waals surface area contributed by atoms with Crippen LogP contribution in [0, 0.1) is 6.92 Å². The Morgan fingerprint density at radius 2 is 2.18 bits per heavy atom. The molecular weight excluding hydrogens is 214 g/mol. The largest absolute Gasteiger partial charge is 0.496 e. The number of ketones is 1. The number of carbonyl (C=O) groups excluding carboxylic acids is 1. The quantitative estimate of drug-likeness (QED) is 0.738. The highest BCUT2D eigenvalue weighted by Crippen LogP contribution is 2.18. The fourth-order valence-corrected chi connectivity index (χ4v) is 1.75. The Bertz CT molecular complexity index is 374. The van der Waals surface area contributed by atoms with Crippen molar-refractivity contribution in [2.24, 2.45) is 0 Å². The van der Waals surface area contributed by atoms with Crippen LogP contribution in [0.25, 0.3) is 0 Å². The van der Waals surface area contributed by atoms with E-state index in [1.54, 1.807) is 14.0 Å². The van der Waals surface area contributed by atoms with E-state index in [0.717, 1.165) is 30.8 Å². The molecule has 0 aromatic heterocycles. The molecular formula is C14H21NO2. The second-order valence-electron chi connectivity index (χ2n) is 4.29. The number of aryl methyl sites for hydroxylation is 1. The zero-order valence-electron chi connectivity index (χ0n) is 10.9. The summed E-state index contributed by atoms with van der Waals surface area (Å²) in [5, 5.41) is 3.33. The van der Waals surface area contributed by atoms with E-state index in [4.69, 9.17) is 4.74 Å².